The predicted octanol–water partition coefficient (Wildman–Crippen LogP) is 1.12. The minimum absolute atomic E-state index is 0.158. The van der Waals surface area contributed by atoms with E-state index in [1.54, 1.807) is 12.1 Å². The second-order valence-corrected chi connectivity index (χ2v) is 6.97. The lowest BCUT2D eigenvalue weighted by molar-refractivity contribution is -0.115. The van der Waals surface area contributed by atoms with E-state index in [1.807, 2.05) is 13.0 Å². The largest absolute Gasteiger partial charge is 0.325 e. The van der Waals surface area contributed by atoms with Gasteiger partial charge in [-0.15, -0.1) is 0 Å². The Bertz CT molecular complexity index is 590. The van der Waals surface area contributed by atoms with Gasteiger partial charge in [0.15, 0.2) is 0 Å². The van der Waals surface area contributed by atoms with Gasteiger partial charge in [0.25, 0.3) is 0 Å². The molecule has 0 radical (unpaired) electrons. The van der Waals surface area contributed by atoms with E-state index < -0.39 is 10.0 Å². The highest BCUT2D eigenvalue weighted by atomic mass is 35.5. The summed E-state index contributed by atoms with van der Waals surface area (Å²) in [4.78, 5) is 11.7. The first-order chi connectivity index (χ1) is 9.78. The van der Waals surface area contributed by atoms with Crippen LogP contribution in [0, 0.1) is 6.92 Å². The molecule has 0 aliphatic rings. The van der Waals surface area contributed by atoms with Gasteiger partial charge in [-0.1, -0.05) is 17.7 Å². The van der Waals surface area contributed by atoms with E-state index in [9.17, 15) is 13.2 Å². The Hall–Kier alpha value is -1.15. The molecule has 0 spiro atoms. The van der Waals surface area contributed by atoms with E-state index >= 15 is 0 Å². The number of carbonyl (C=O) groups excluding carboxylic acids is 1. The van der Waals surface area contributed by atoms with Crippen LogP contribution in [-0.2, 0) is 14.8 Å². The van der Waals surface area contributed by atoms with Gasteiger partial charge in [-0.25, -0.2) is 13.1 Å². The summed E-state index contributed by atoms with van der Waals surface area (Å²) in [5.41, 5.74) is 1.62. The fourth-order valence-corrected chi connectivity index (χ4v) is 2.28. The zero-order valence-corrected chi connectivity index (χ0v) is 13.6. The molecule has 118 valence electrons. The second kappa shape index (κ2) is 8.33. The molecule has 0 saturated carbocycles. The third-order valence-corrected chi connectivity index (χ3v) is 3.62. The van der Waals surface area contributed by atoms with Gasteiger partial charge in [0.05, 0.1) is 12.8 Å². The molecule has 6 nitrogen and oxygen atoms in total. The fourth-order valence-electron chi connectivity index (χ4n) is 1.60. The lowest BCUT2D eigenvalue weighted by Gasteiger charge is -2.09. The summed E-state index contributed by atoms with van der Waals surface area (Å²) in [5, 5.41) is 6.28. The molecule has 3 N–H and O–H groups in total. The standard InChI is InChI=1S/C13H20ClN3O3S/c1-10-4-5-11(14)8-12(10)17-13(18)9-15-6-3-7-16-21(2,19)20/h4-5,8,15-16H,3,6-7,9H2,1-2H3,(H,17,18). The summed E-state index contributed by atoms with van der Waals surface area (Å²) >= 11 is 5.88. The summed E-state index contributed by atoms with van der Waals surface area (Å²) in [5.74, 6) is -0.170. The van der Waals surface area contributed by atoms with E-state index in [1.165, 1.54) is 0 Å². The molecule has 0 saturated heterocycles. The second-order valence-electron chi connectivity index (χ2n) is 4.70. The van der Waals surface area contributed by atoms with Gasteiger partial charge in [-0.2, -0.15) is 0 Å². The highest BCUT2D eigenvalue weighted by Crippen LogP contribution is 2.19. The summed E-state index contributed by atoms with van der Waals surface area (Å²) < 4.78 is 24.0. The summed E-state index contributed by atoms with van der Waals surface area (Å²) in [6, 6.07) is 5.30. The molecule has 0 aliphatic carbocycles. The maximum atomic E-state index is 11.7. The van der Waals surface area contributed by atoms with Gasteiger partial charge in [0.1, 0.15) is 0 Å². The Morgan fingerprint density at radius 2 is 2.00 bits per heavy atom. The first-order valence-electron chi connectivity index (χ1n) is 6.49. The average Bonchev–Trinajstić information content (AvgIpc) is 2.37. The Morgan fingerprint density at radius 1 is 1.29 bits per heavy atom. The number of benzene rings is 1. The SMILES string of the molecule is Cc1ccc(Cl)cc1NC(=O)CNCCCNS(C)(=O)=O. The minimum atomic E-state index is -3.15. The molecule has 21 heavy (non-hydrogen) atoms. The molecular formula is C13H20ClN3O3S. The van der Waals surface area contributed by atoms with E-state index in [0.717, 1.165) is 11.8 Å². The molecule has 8 heteroatoms. The van der Waals surface area contributed by atoms with Gasteiger partial charge in [-0.05, 0) is 37.6 Å². The maximum Gasteiger partial charge on any atom is 0.238 e. The van der Waals surface area contributed by atoms with E-state index in [4.69, 9.17) is 11.6 Å². The van der Waals surface area contributed by atoms with Crippen LogP contribution in [0.3, 0.4) is 0 Å². The lowest BCUT2D eigenvalue weighted by Crippen LogP contribution is -2.31. The first-order valence-corrected chi connectivity index (χ1v) is 8.76. The van der Waals surface area contributed by atoms with Crippen LogP contribution >= 0.6 is 11.6 Å². The molecule has 0 unspecified atom stereocenters. The van der Waals surface area contributed by atoms with Crippen molar-refractivity contribution in [1.82, 2.24) is 10.0 Å². The Morgan fingerprint density at radius 3 is 2.67 bits per heavy atom. The van der Waals surface area contributed by atoms with Gasteiger partial charge in [0, 0.05) is 17.3 Å². The summed E-state index contributed by atoms with van der Waals surface area (Å²) in [6.07, 6.45) is 1.72. The Labute approximate surface area is 130 Å². The van der Waals surface area contributed by atoms with Crippen molar-refractivity contribution in [1.29, 1.82) is 0 Å². The van der Waals surface area contributed by atoms with Gasteiger partial charge in [0.2, 0.25) is 15.9 Å². The molecule has 1 aromatic rings. The number of hydrogen-bond donors (Lipinski definition) is 3. The topological polar surface area (TPSA) is 87.3 Å². The monoisotopic (exact) mass is 333 g/mol. The van der Waals surface area contributed by atoms with Crippen molar-refractivity contribution in [2.75, 3.05) is 31.2 Å². The van der Waals surface area contributed by atoms with E-state index in [2.05, 4.69) is 15.4 Å². The van der Waals surface area contributed by atoms with Crippen LogP contribution in [-0.4, -0.2) is 40.2 Å². The van der Waals surface area contributed by atoms with Crippen LogP contribution in [0.25, 0.3) is 0 Å². The van der Waals surface area contributed by atoms with Gasteiger partial charge >= 0.3 is 0 Å². The summed E-state index contributed by atoms with van der Waals surface area (Å²) in [7, 11) is -3.15. The highest BCUT2D eigenvalue weighted by Gasteiger charge is 2.05. The van der Waals surface area contributed by atoms with Crippen LogP contribution < -0.4 is 15.4 Å². The summed E-state index contributed by atoms with van der Waals surface area (Å²) in [6.45, 7) is 2.94. The maximum absolute atomic E-state index is 11.7. The zero-order valence-electron chi connectivity index (χ0n) is 12.1. The number of anilines is 1. The third kappa shape index (κ3) is 8.01. The predicted molar refractivity (Wildman–Crippen MR) is 85.2 cm³/mol. The number of nitrogens with one attached hydrogen (secondary N) is 3. The molecule has 0 atom stereocenters. The Balaban J connectivity index is 2.24. The average molecular weight is 334 g/mol. The number of amides is 1. The van der Waals surface area contributed by atoms with Crippen molar-refractivity contribution in [2.24, 2.45) is 0 Å². The van der Waals surface area contributed by atoms with Crippen LogP contribution in [0.1, 0.15) is 12.0 Å². The lowest BCUT2D eigenvalue weighted by atomic mass is 10.2. The molecule has 0 bridgehead atoms. The molecule has 1 rings (SSSR count). The number of sulfonamides is 1. The molecule has 1 amide bonds. The molecule has 0 fully saturated rings. The van der Waals surface area contributed by atoms with Gasteiger partial charge in [-0.3, -0.25) is 4.79 Å². The number of rotatable bonds is 8. The van der Waals surface area contributed by atoms with Gasteiger partial charge < -0.3 is 10.6 Å². The zero-order chi connectivity index (χ0) is 15.9. The number of hydrogen-bond acceptors (Lipinski definition) is 4. The highest BCUT2D eigenvalue weighted by molar-refractivity contribution is 7.88. The van der Waals surface area contributed by atoms with Crippen LogP contribution in [0.2, 0.25) is 5.02 Å². The number of aryl methyl sites for hydroxylation is 1. The number of carbonyl (C=O) groups is 1. The van der Waals surface area contributed by atoms with Crippen molar-refractivity contribution in [3.8, 4) is 0 Å². The smallest absolute Gasteiger partial charge is 0.238 e. The van der Waals surface area contributed by atoms with Crippen molar-refractivity contribution in [3.63, 3.8) is 0 Å². The first kappa shape index (κ1) is 17.9. The van der Waals surface area contributed by atoms with Crippen LogP contribution in [0.5, 0.6) is 0 Å². The number of halogens is 1. The quantitative estimate of drug-likeness (QED) is 0.622. The van der Waals surface area contributed by atoms with E-state index in [0.29, 0.717) is 30.2 Å². The molecule has 0 heterocycles. The van der Waals surface area contributed by atoms with E-state index in [-0.39, 0.29) is 12.5 Å². The molecule has 1 aromatic carbocycles. The normalized spacial score (nSPS) is 11.4. The fraction of sp³-hybridized carbons (Fsp3) is 0.462. The minimum Gasteiger partial charge on any atom is -0.325 e. The van der Waals surface area contributed by atoms with Crippen molar-refractivity contribution in [2.45, 2.75) is 13.3 Å². The molecular weight excluding hydrogens is 314 g/mol. The Kier molecular flexibility index (Phi) is 7.10. The third-order valence-electron chi connectivity index (χ3n) is 2.65. The van der Waals surface area contributed by atoms with Crippen molar-refractivity contribution < 1.29 is 13.2 Å². The molecule has 0 aliphatic heterocycles. The molecule has 0 aromatic heterocycles. The van der Waals surface area contributed by atoms with Crippen LogP contribution in [0.15, 0.2) is 18.2 Å². The van der Waals surface area contributed by atoms with Crippen molar-refractivity contribution in [3.05, 3.63) is 28.8 Å². The van der Waals surface area contributed by atoms with Crippen LogP contribution in [0.4, 0.5) is 5.69 Å². The van der Waals surface area contributed by atoms with Crippen molar-refractivity contribution >= 4 is 33.2 Å².